The van der Waals surface area contributed by atoms with Crippen molar-refractivity contribution in [3.63, 3.8) is 0 Å². The molecule has 5 rings (SSSR count). The first-order valence-electron chi connectivity index (χ1n) is 11.0. The van der Waals surface area contributed by atoms with Gasteiger partial charge in [-0.1, -0.05) is 60.9 Å². The van der Waals surface area contributed by atoms with Gasteiger partial charge in [-0.3, -0.25) is 14.8 Å². The van der Waals surface area contributed by atoms with E-state index in [1.807, 2.05) is 66.3 Å². The molecule has 0 atom stereocenters. The van der Waals surface area contributed by atoms with Gasteiger partial charge in [0.25, 0.3) is 5.91 Å². The van der Waals surface area contributed by atoms with E-state index in [2.05, 4.69) is 15.4 Å². The number of carbonyl (C=O) groups excluding carboxylic acids is 1. The summed E-state index contributed by atoms with van der Waals surface area (Å²) in [6.45, 7) is 0. The maximum atomic E-state index is 12.8. The van der Waals surface area contributed by atoms with E-state index in [-0.39, 0.29) is 5.91 Å². The Morgan fingerprint density at radius 3 is 2.66 bits per heavy atom. The van der Waals surface area contributed by atoms with Crippen molar-refractivity contribution in [3.8, 4) is 10.6 Å². The SMILES string of the molecule is Cn1nc(-c2ccc(C(=O)Nc3cccc4cccnc34)cc2)s/c1=N/C1CCCCC1. The summed E-state index contributed by atoms with van der Waals surface area (Å²) in [7, 11) is 1.95. The van der Waals surface area contributed by atoms with Crippen molar-refractivity contribution in [1.29, 1.82) is 0 Å². The lowest BCUT2D eigenvalue weighted by Crippen LogP contribution is -2.18. The number of fused-ring (bicyclic) bond motifs is 1. The van der Waals surface area contributed by atoms with E-state index in [1.54, 1.807) is 17.5 Å². The van der Waals surface area contributed by atoms with Crippen molar-refractivity contribution in [2.24, 2.45) is 12.0 Å². The summed E-state index contributed by atoms with van der Waals surface area (Å²) >= 11 is 1.60. The third-order valence-electron chi connectivity index (χ3n) is 5.85. The predicted octanol–water partition coefficient (Wildman–Crippen LogP) is 5.18. The molecule has 1 fully saturated rings. The number of para-hydroxylation sites is 1. The van der Waals surface area contributed by atoms with Gasteiger partial charge in [0.15, 0.2) is 0 Å². The van der Waals surface area contributed by atoms with Crippen LogP contribution in [0, 0.1) is 0 Å². The molecule has 1 aliphatic rings. The van der Waals surface area contributed by atoms with Gasteiger partial charge in [-0.25, -0.2) is 4.68 Å². The van der Waals surface area contributed by atoms with E-state index < -0.39 is 0 Å². The van der Waals surface area contributed by atoms with Gasteiger partial charge < -0.3 is 5.32 Å². The number of rotatable bonds is 4. The lowest BCUT2D eigenvalue weighted by atomic mass is 9.96. The average Bonchev–Trinajstić information content (AvgIpc) is 3.20. The number of amides is 1. The number of benzene rings is 2. The standard InChI is InChI=1S/C25H25N5OS/c1-30-25(27-20-9-3-2-4-10-20)32-24(29-30)19-14-12-18(13-15-19)23(31)28-21-11-5-7-17-8-6-16-26-22(17)21/h5-8,11-16,20H,2-4,9-10H2,1H3,(H,28,31)/b27-25+. The van der Waals surface area contributed by atoms with Crippen LogP contribution in [0.25, 0.3) is 21.5 Å². The van der Waals surface area contributed by atoms with Crippen LogP contribution in [0.3, 0.4) is 0 Å². The first kappa shape index (κ1) is 20.6. The number of anilines is 1. The molecule has 2 aromatic carbocycles. The summed E-state index contributed by atoms with van der Waals surface area (Å²) in [6.07, 6.45) is 7.93. The number of nitrogens with one attached hydrogen (secondary N) is 1. The minimum absolute atomic E-state index is 0.160. The molecule has 0 bridgehead atoms. The molecule has 2 aromatic heterocycles. The number of pyridine rings is 1. The summed E-state index contributed by atoms with van der Waals surface area (Å²) in [5.41, 5.74) is 3.07. The third kappa shape index (κ3) is 4.34. The molecule has 2 heterocycles. The topological polar surface area (TPSA) is 72.2 Å². The van der Waals surface area contributed by atoms with Gasteiger partial charge in [0.1, 0.15) is 5.01 Å². The molecule has 1 amide bonds. The molecular weight excluding hydrogens is 418 g/mol. The molecule has 0 unspecified atom stereocenters. The summed E-state index contributed by atoms with van der Waals surface area (Å²) in [5.74, 6) is -0.160. The van der Waals surface area contributed by atoms with Crippen LogP contribution in [-0.4, -0.2) is 26.7 Å². The second-order valence-electron chi connectivity index (χ2n) is 8.15. The van der Waals surface area contributed by atoms with E-state index in [4.69, 9.17) is 4.99 Å². The van der Waals surface area contributed by atoms with Crippen molar-refractivity contribution in [2.75, 3.05) is 5.32 Å². The molecule has 0 saturated heterocycles. The summed E-state index contributed by atoms with van der Waals surface area (Å²) in [6, 6.07) is 17.6. The van der Waals surface area contributed by atoms with Gasteiger partial charge in [0, 0.05) is 29.8 Å². The molecular formula is C25H25N5OS. The van der Waals surface area contributed by atoms with Gasteiger partial charge in [0.05, 0.1) is 17.2 Å². The summed E-state index contributed by atoms with van der Waals surface area (Å²) in [4.78, 5) is 23.1. The van der Waals surface area contributed by atoms with Crippen LogP contribution in [0.15, 0.2) is 65.8 Å². The Hall–Kier alpha value is -3.32. The highest BCUT2D eigenvalue weighted by Crippen LogP contribution is 2.24. The van der Waals surface area contributed by atoms with Crippen LogP contribution in [-0.2, 0) is 7.05 Å². The Balaban J connectivity index is 1.34. The molecule has 32 heavy (non-hydrogen) atoms. The molecule has 1 aliphatic carbocycles. The Labute approximate surface area is 190 Å². The Bertz CT molecular complexity index is 1310. The number of hydrogen-bond acceptors (Lipinski definition) is 5. The van der Waals surface area contributed by atoms with Crippen molar-refractivity contribution in [3.05, 3.63) is 71.2 Å². The molecule has 1 saturated carbocycles. The zero-order chi connectivity index (χ0) is 21.9. The van der Waals surface area contributed by atoms with Crippen LogP contribution >= 0.6 is 11.3 Å². The minimum atomic E-state index is -0.160. The highest BCUT2D eigenvalue weighted by molar-refractivity contribution is 7.12. The minimum Gasteiger partial charge on any atom is -0.320 e. The van der Waals surface area contributed by atoms with E-state index in [1.165, 1.54) is 32.1 Å². The lowest BCUT2D eigenvalue weighted by molar-refractivity contribution is 0.102. The fourth-order valence-corrected chi connectivity index (χ4v) is 5.07. The number of aromatic nitrogens is 3. The van der Waals surface area contributed by atoms with Crippen LogP contribution in [0.2, 0.25) is 0 Å². The second kappa shape index (κ2) is 9.04. The summed E-state index contributed by atoms with van der Waals surface area (Å²) in [5, 5.41) is 9.54. The Morgan fingerprint density at radius 2 is 1.84 bits per heavy atom. The monoisotopic (exact) mass is 443 g/mol. The number of nitrogens with zero attached hydrogens (tertiary/aromatic N) is 4. The lowest BCUT2D eigenvalue weighted by Gasteiger charge is -2.16. The second-order valence-corrected chi connectivity index (χ2v) is 9.10. The maximum absolute atomic E-state index is 12.8. The van der Waals surface area contributed by atoms with Crippen molar-refractivity contribution in [2.45, 2.75) is 38.1 Å². The van der Waals surface area contributed by atoms with Gasteiger partial charge >= 0.3 is 0 Å². The normalized spacial score (nSPS) is 15.2. The van der Waals surface area contributed by atoms with Gasteiger partial charge in [0.2, 0.25) is 4.80 Å². The van der Waals surface area contributed by atoms with E-state index in [0.717, 1.165) is 26.3 Å². The first-order valence-corrected chi connectivity index (χ1v) is 11.8. The van der Waals surface area contributed by atoms with E-state index >= 15 is 0 Å². The predicted molar refractivity (Wildman–Crippen MR) is 129 cm³/mol. The van der Waals surface area contributed by atoms with E-state index in [0.29, 0.717) is 17.3 Å². The molecule has 1 N–H and O–H groups in total. The van der Waals surface area contributed by atoms with Crippen LogP contribution in [0.1, 0.15) is 42.5 Å². The van der Waals surface area contributed by atoms with Crippen LogP contribution < -0.4 is 10.1 Å². The largest absolute Gasteiger partial charge is 0.320 e. The molecule has 0 aliphatic heterocycles. The number of hydrogen-bond donors (Lipinski definition) is 1. The molecule has 4 aromatic rings. The molecule has 162 valence electrons. The number of aryl methyl sites for hydroxylation is 1. The highest BCUT2D eigenvalue weighted by atomic mass is 32.1. The third-order valence-corrected chi connectivity index (χ3v) is 6.91. The van der Waals surface area contributed by atoms with Crippen molar-refractivity contribution < 1.29 is 4.79 Å². The number of carbonyl (C=O) groups is 1. The molecule has 0 spiro atoms. The van der Waals surface area contributed by atoms with Crippen LogP contribution in [0.4, 0.5) is 5.69 Å². The smallest absolute Gasteiger partial charge is 0.255 e. The Morgan fingerprint density at radius 1 is 1.06 bits per heavy atom. The fraction of sp³-hybridized carbons (Fsp3) is 0.280. The molecule has 0 radical (unpaired) electrons. The summed E-state index contributed by atoms with van der Waals surface area (Å²) < 4.78 is 1.86. The quantitative estimate of drug-likeness (QED) is 0.472. The first-order chi connectivity index (χ1) is 15.7. The van der Waals surface area contributed by atoms with Crippen molar-refractivity contribution in [1.82, 2.24) is 14.8 Å². The van der Waals surface area contributed by atoms with E-state index in [9.17, 15) is 4.79 Å². The Kier molecular flexibility index (Phi) is 5.81. The zero-order valence-corrected chi connectivity index (χ0v) is 18.8. The zero-order valence-electron chi connectivity index (χ0n) is 18.0. The van der Waals surface area contributed by atoms with Gasteiger partial charge in [-0.05, 0) is 37.1 Å². The average molecular weight is 444 g/mol. The van der Waals surface area contributed by atoms with Crippen LogP contribution in [0.5, 0.6) is 0 Å². The molecule has 6 nitrogen and oxygen atoms in total. The van der Waals surface area contributed by atoms with Gasteiger partial charge in [-0.2, -0.15) is 5.10 Å². The van der Waals surface area contributed by atoms with Crippen molar-refractivity contribution >= 4 is 33.8 Å². The molecule has 7 heteroatoms. The fourth-order valence-electron chi connectivity index (χ4n) is 4.11. The highest BCUT2D eigenvalue weighted by Gasteiger charge is 2.14. The maximum Gasteiger partial charge on any atom is 0.255 e. The van der Waals surface area contributed by atoms with Gasteiger partial charge in [-0.15, -0.1) is 0 Å².